The van der Waals surface area contributed by atoms with Gasteiger partial charge < -0.3 is 5.11 Å². The second kappa shape index (κ2) is 5.32. The molecule has 0 spiro atoms. The minimum absolute atomic E-state index is 0.122. The normalized spacial score (nSPS) is 11.4. The first kappa shape index (κ1) is 14.0. The van der Waals surface area contributed by atoms with Crippen LogP contribution in [0, 0.1) is 0 Å². The molecule has 0 amide bonds. The Hall–Kier alpha value is -1.37. The molecule has 2 aromatic rings. The predicted molar refractivity (Wildman–Crippen MR) is 73.6 cm³/mol. The van der Waals surface area contributed by atoms with Gasteiger partial charge in [0.2, 0.25) is 0 Å². The molecule has 100 valence electrons. The minimum Gasteiger partial charge on any atom is -0.477 e. The molecule has 7 heteroatoms. The summed E-state index contributed by atoms with van der Waals surface area (Å²) in [5.41, 5.74) is 0. The smallest absolute Gasteiger partial charge is 0.345 e. The minimum atomic E-state index is -3.52. The summed E-state index contributed by atoms with van der Waals surface area (Å²) in [7, 11) is -3.52. The Kier molecular flexibility index (Phi) is 3.93. The van der Waals surface area contributed by atoms with Crippen LogP contribution in [0.4, 0.5) is 0 Å². The molecule has 0 saturated heterocycles. The van der Waals surface area contributed by atoms with E-state index in [1.54, 1.807) is 12.1 Å². The molecule has 0 bridgehead atoms. The van der Waals surface area contributed by atoms with Crippen LogP contribution in [0.5, 0.6) is 0 Å². The van der Waals surface area contributed by atoms with Crippen molar-refractivity contribution < 1.29 is 18.3 Å². The first-order valence-electron chi connectivity index (χ1n) is 5.19. The monoisotopic (exact) mass is 316 g/mol. The largest absolute Gasteiger partial charge is 0.477 e. The van der Waals surface area contributed by atoms with Gasteiger partial charge in [0.25, 0.3) is 0 Å². The lowest BCUT2D eigenvalue weighted by atomic mass is 10.4. The molecule has 1 aromatic heterocycles. The van der Waals surface area contributed by atoms with Crippen molar-refractivity contribution in [2.24, 2.45) is 0 Å². The van der Waals surface area contributed by atoms with Crippen molar-refractivity contribution in [2.45, 2.75) is 10.6 Å². The van der Waals surface area contributed by atoms with Crippen LogP contribution in [0.25, 0.3) is 0 Å². The Labute approximate surface area is 119 Å². The molecule has 0 saturated carbocycles. The highest BCUT2D eigenvalue weighted by Gasteiger charge is 2.18. The predicted octanol–water partition coefficient (Wildman–Crippen LogP) is 3.07. The SMILES string of the molecule is O=C(O)c1ccc(CS(=O)(=O)c2cccc(Cl)c2)s1. The average Bonchev–Trinajstić information content (AvgIpc) is 2.77. The summed E-state index contributed by atoms with van der Waals surface area (Å²) in [6.45, 7) is 0. The number of sulfone groups is 1. The maximum absolute atomic E-state index is 12.1. The summed E-state index contributed by atoms with van der Waals surface area (Å²) in [5, 5.41) is 9.14. The molecule has 1 aromatic carbocycles. The van der Waals surface area contributed by atoms with Crippen LogP contribution < -0.4 is 0 Å². The van der Waals surface area contributed by atoms with Gasteiger partial charge in [-0.3, -0.25) is 0 Å². The van der Waals surface area contributed by atoms with Gasteiger partial charge in [0.15, 0.2) is 9.84 Å². The number of hydrogen-bond acceptors (Lipinski definition) is 4. The Morgan fingerprint density at radius 1 is 1.26 bits per heavy atom. The molecule has 0 aliphatic rings. The summed E-state index contributed by atoms with van der Waals surface area (Å²) in [6.07, 6.45) is 0. The highest BCUT2D eigenvalue weighted by molar-refractivity contribution is 7.90. The molecule has 4 nitrogen and oxygen atoms in total. The molecule has 0 aliphatic carbocycles. The van der Waals surface area contributed by atoms with Gasteiger partial charge in [-0.2, -0.15) is 0 Å². The maximum atomic E-state index is 12.1. The van der Waals surface area contributed by atoms with E-state index >= 15 is 0 Å². The molecular formula is C12H9ClO4S2. The molecule has 0 unspecified atom stereocenters. The van der Waals surface area contributed by atoms with Crippen molar-refractivity contribution in [3.63, 3.8) is 0 Å². The van der Waals surface area contributed by atoms with Gasteiger partial charge in [0.05, 0.1) is 10.6 Å². The fraction of sp³-hybridized carbons (Fsp3) is 0.0833. The van der Waals surface area contributed by atoms with Crippen molar-refractivity contribution in [1.29, 1.82) is 0 Å². The molecule has 0 aliphatic heterocycles. The van der Waals surface area contributed by atoms with Gasteiger partial charge >= 0.3 is 5.97 Å². The molecule has 19 heavy (non-hydrogen) atoms. The van der Waals surface area contributed by atoms with E-state index in [0.717, 1.165) is 11.3 Å². The number of carboxylic acids is 1. The Morgan fingerprint density at radius 2 is 2.00 bits per heavy atom. The van der Waals surface area contributed by atoms with Crippen molar-refractivity contribution >= 4 is 38.7 Å². The van der Waals surface area contributed by atoms with Crippen LogP contribution in [0.3, 0.4) is 0 Å². The number of rotatable bonds is 4. The Morgan fingerprint density at radius 3 is 2.58 bits per heavy atom. The van der Waals surface area contributed by atoms with Crippen molar-refractivity contribution in [1.82, 2.24) is 0 Å². The molecular weight excluding hydrogens is 308 g/mol. The van der Waals surface area contributed by atoms with E-state index in [0.29, 0.717) is 9.90 Å². The van der Waals surface area contributed by atoms with Crippen LogP contribution in [0.15, 0.2) is 41.3 Å². The first-order valence-corrected chi connectivity index (χ1v) is 8.03. The second-order valence-corrected chi connectivity index (χ2v) is 7.38. The van der Waals surface area contributed by atoms with Crippen molar-refractivity contribution in [3.05, 3.63) is 51.2 Å². The lowest BCUT2D eigenvalue weighted by Crippen LogP contribution is -2.03. The maximum Gasteiger partial charge on any atom is 0.345 e. The van der Waals surface area contributed by atoms with Crippen molar-refractivity contribution in [3.8, 4) is 0 Å². The van der Waals surface area contributed by atoms with Gasteiger partial charge in [0, 0.05) is 9.90 Å². The van der Waals surface area contributed by atoms with E-state index in [4.69, 9.17) is 16.7 Å². The number of hydrogen-bond donors (Lipinski definition) is 1. The fourth-order valence-electron chi connectivity index (χ4n) is 1.50. The van der Waals surface area contributed by atoms with Crippen molar-refractivity contribution in [2.75, 3.05) is 0 Å². The van der Waals surface area contributed by atoms with E-state index in [9.17, 15) is 13.2 Å². The summed E-state index contributed by atoms with van der Waals surface area (Å²) in [5.74, 6) is -1.29. The topological polar surface area (TPSA) is 71.4 Å². The summed E-state index contributed by atoms with van der Waals surface area (Å²) in [6, 6.07) is 8.90. The molecule has 1 heterocycles. The highest BCUT2D eigenvalue weighted by atomic mass is 35.5. The second-order valence-electron chi connectivity index (χ2n) is 3.79. The van der Waals surface area contributed by atoms with E-state index in [1.165, 1.54) is 24.3 Å². The Balaban J connectivity index is 2.28. The van der Waals surface area contributed by atoms with Crippen LogP contribution in [0.1, 0.15) is 14.5 Å². The number of benzene rings is 1. The lowest BCUT2D eigenvalue weighted by molar-refractivity contribution is 0.0702. The number of halogens is 1. The zero-order chi connectivity index (χ0) is 14.0. The average molecular weight is 317 g/mol. The van der Waals surface area contributed by atoms with Gasteiger partial charge in [-0.25, -0.2) is 13.2 Å². The molecule has 0 fully saturated rings. The third kappa shape index (κ3) is 3.34. The highest BCUT2D eigenvalue weighted by Crippen LogP contribution is 2.24. The molecule has 0 radical (unpaired) electrons. The van der Waals surface area contributed by atoms with E-state index < -0.39 is 15.8 Å². The van der Waals surface area contributed by atoms with Gasteiger partial charge in [0.1, 0.15) is 4.88 Å². The van der Waals surface area contributed by atoms with Gasteiger partial charge in [-0.05, 0) is 30.3 Å². The molecule has 0 atom stereocenters. The lowest BCUT2D eigenvalue weighted by Gasteiger charge is -2.03. The van der Waals surface area contributed by atoms with Gasteiger partial charge in [-0.1, -0.05) is 17.7 Å². The third-order valence-electron chi connectivity index (χ3n) is 2.36. The van der Waals surface area contributed by atoms with Crippen LogP contribution in [0.2, 0.25) is 5.02 Å². The van der Waals surface area contributed by atoms with E-state index in [2.05, 4.69) is 0 Å². The van der Waals surface area contributed by atoms with Crippen LogP contribution in [-0.4, -0.2) is 19.5 Å². The number of carbonyl (C=O) groups is 1. The van der Waals surface area contributed by atoms with Gasteiger partial charge in [-0.15, -0.1) is 11.3 Å². The molecule has 2 rings (SSSR count). The standard InChI is InChI=1S/C12H9ClO4S2/c13-8-2-1-3-10(6-8)19(16,17)7-9-4-5-11(18-9)12(14)15/h1-6H,7H2,(H,14,15). The summed E-state index contributed by atoms with van der Waals surface area (Å²) >= 11 is 6.72. The third-order valence-corrected chi connectivity index (χ3v) is 5.51. The van der Waals surface area contributed by atoms with Crippen LogP contribution in [-0.2, 0) is 15.6 Å². The first-order chi connectivity index (χ1) is 8.88. The summed E-state index contributed by atoms with van der Waals surface area (Å²) in [4.78, 5) is 11.5. The van der Waals surface area contributed by atoms with E-state index in [-0.39, 0.29) is 15.5 Å². The van der Waals surface area contributed by atoms with E-state index in [1.807, 2.05) is 0 Å². The number of carboxylic acid groups (broad SMARTS) is 1. The fourth-order valence-corrected chi connectivity index (χ4v) is 4.33. The zero-order valence-corrected chi connectivity index (χ0v) is 11.9. The Bertz CT molecular complexity index is 719. The zero-order valence-electron chi connectivity index (χ0n) is 9.54. The number of aromatic carboxylic acids is 1. The quantitative estimate of drug-likeness (QED) is 0.941. The number of thiophene rings is 1. The summed E-state index contributed by atoms with van der Waals surface area (Å²) < 4.78 is 24.3. The van der Waals surface area contributed by atoms with Crippen LogP contribution >= 0.6 is 22.9 Å². The molecule has 1 N–H and O–H groups in total.